The highest BCUT2D eigenvalue weighted by Gasteiger charge is 2.02. The van der Waals surface area contributed by atoms with Gasteiger partial charge in [0.05, 0.1) is 13.2 Å². The zero-order valence-corrected chi connectivity index (χ0v) is 14.0. The van der Waals surface area contributed by atoms with Gasteiger partial charge >= 0.3 is 0 Å². The molecule has 130 valence electrons. The molecule has 0 aliphatic heterocycles. The monoisotopic (exact) mass is 340 g/mol. The van der Waals surface area contributed by atoms with Gasteiger partial charge in [-0.15, -0.1) is 0 Å². The van der Waals surface area contributed by atoms with Crippen LogP contribution in [0.5, 0.6) is 17.2 Å². The van der Waals surface area contributed by atoms with Crippen LogP contribution in [0.3, 0.4) is 0 Å². The van der Waals surface area contributed by atoms with Crippen molar-refractivity contribution in [3.8, 4) is 23.3 Å². The first kappa shape index (κ1) is 18.1. The second-order valence-corrected chi connectivity index (χ2v) is 5.13. The Morgan fingerprint density at radius 1 is 1.04 bits per heavy atom. The largest absolute Gasteiger partial charge is 0.497 e. The topological polar surface area (TPSA) is 80.6 Å². The quantitative estimate of drug-likeness (QED) is 0.710. The van der Waals surface area contributed by atoms with Crippen molar-refractivity contribution in [1.29, 1.82) is 5.26 Å². The number of nitriles is 1. The molecule has 2 aromatic rings. The van der Waals surface area contributed by atoms with E-state index in [1.54, 1.807) is 7.11 Å². The molecule has 6 nitrogen and oxygen atoms in total. The van der Waals surface area contributed by atoms with E-state index < -0.39 is 0 Å². The maximum Gasteiger partial charge on any atom is 0.234 e. The van der Waals surface area contributed by atoms with Gasteiger partial charge < -0.3 is 19.5 Å². The summed E-state index contributed by atoms with van der Waals surface area (Å²) in [5.74, 6) is 1.86. The Bertz CT molecular complexity index is 740. The summed E-state index contributed by atoms with van der Waals surface area (Å²) in [4.78, 5) is 11.3. The summed E-state index contributed by atoms with van der Waals surface area (Å²) in [6.45, 7) is 1.15. The molecule has 0 atom stereocenters. The number of nitrogens with zero attached hydrogens (tertiary/aromatic N) is 1. The van der Waals surface area contributed by atoms with Crippen molar-refractivity contribution in [2.75, 3.05) is 20.3 Å². The molecule has 0 unspecified atom stereocenters. The number of hydrogen-bond acceptors (Lipinski definition) is 5. The van der Waals surface area contributed by atoms with Crippen molar-refractivity contribution in [1.82, 2.24) is 5.32 Å². The van der Waals surface area contributed by atoms with Gasteiger partial charge in [-0.05, 0) is 29.8 Å². The highest BCUT2D eigenvalue weighted by atomic mass is 16.5. The third-order valence-corrected chi connectivity index (χ3v) is 3.29. The Morgan fingerprint density at radius 2 is 1.68 bits per heavy atom. The van der Waals surface area contributed by atoms with E-state index in [1.807, 2.05) is 54.6 Å². The van der Waals surface area contributed by atoms with Crippen LogP contribution in [0, 0.1) is 11.3 Å². The van der Waals surface area contributed by atoms with E-state index in [-0.39, 0.29) is 12.3 Å². The first-order valence-electron chi connectivity index (χ1n) is 7.83. The van der Waals surface area contributed by atoms with Crippen LogP contribution < -0.4 is 19.5 Å². The molecule has 0 fully saturated rings. The van der Waals surface area contributed by atoms with Crippen LogP contribution in [0.25, 0.3) is 0 Å². The summed E-state index contributed by atoms with van der Waals surface area (Å²) >= 11 is 0. The summed E-state index contributed by atoms with van der Waals surface area (Å²) in [6.07, 6.45) is -0.141. The predicted molar refractivity (Wildman–Crippen MR) is 92.5 cm³/mol. The zero-order chi connectivity index (χ0) is 17.9. The average Bonchev–Trinajstić information content (AvgIpc) is 2.64. The number of hydrogen-bond donors (Lipinski definition) is 1. The van der Waals surface area contributed by atoms with Crippen molar-refractivity contribution >= 4 is 5.91 Å². The lowest BCUT2D eigenvalue weighted by Crippen LogP contribution is -2.21. The first-order chi connectivity index (χ1) is 12.2. The summed E-state index contributed by atoms with van der Waals surface area (Å²) in [5.41, 5.74) is 0.900. The molecule has 0 spiro atoms. The fourth-order valence-electron chi connectivity index (χ4n) is 2.09. The third kappa shape index (κ3) is 6.43. The molecule has 0 aliphatic carbocycles. The van der Waals surface area contributed by atoms with Gasteiger partial charge in [0, 0.05) is 12.6 Å². The summed E-state index contributed by atoms with van der Waals surface area (Å²) in [7, 11) is 1.61. The number of nitrogens with one attached hydrogen (secondary N) is 1. The Labute approximate surface area is 146 Å². The number of amides is 1. The lowest BCUT2D eigenvalue weighted by Gasteiger charge is -2.10. The van der Waals surface area contributed by atoms with Crippen molar-refractivity contribution < 1.29 is 19.0 Å². The minimum Gasteiger partial charge on any atom is -0.497 e. The van der Waals surface area contributed by atoms with Crippen LogP contribution in [0.4, 0.5) is 0 Å². The van der Waals surface area contributed by atoms with Gasteiger partial charge in [0.1, 0.15) is 36.9 Å². The SMILES string of the molecule is COc1cccc(OCCOc2cccc(CNC(=O)CC#N)c2)c1. The van der Waals surface area contributed by atoms with Gasteiger partial charge in [0.2, 0.25) is 5.91 Å². The van der Waals surface area contributed by atoms with Gasteiger partial charge in [0.25, 0.3) is 0 Å². The number of carbonyl (C=O) groups excluding carboxylic acids is 1. The Kier molecular flexibility index (Phi) is 7.13. The molecule has 25 heavy (non-hydrogen) atoms. The van der Waals surface area contributed by atoms with Crippen LogP contribution in [0.2, 0.25) is 0 Å². The lowest BCUT2D eigenvalue weighted by molar-refractivity contribution is -0.120. The van der Waals surface area contributed by atoms with Crippen molar-refractivity contribution in [3.63, 3.8) is 0 Å². The molecule has 6 heteroatoms. The maximum absolute atomic E-state index is 11.3. The van der Waals surface area contributed by atoms with Gasteiger partial charge in [0.15, 0.2) is 0 Å². The summed E-state index contributed by atoms with van der Waals surface area (Å²) in [6, 6.07) is 16.6. The van der Waals surface area contributed by atoms with Crippen molar-refractivity contribution in [2.24, 2.45) is 0 Å². The Morgan fingerprint density at radius 3 is 2.36 bits per heavy atom. The van der Waals surface area contributed by atoms with Gasteiger partial charge in [-0.3, -0.25) is 4.79 Å². The minimum absolute atomic E-state index is 0.141. The van der Waals surface area contributed by atoms with Crippen molar-refractivity contribution in [3.05, 3.63) is 54.1 Å². The first-order valence-corrected chi connectivity index (χ1v) is 7.83. The van der Waals surface area contributed by atoms with E-state index >= 15 is 0 Å². The number of carbonyl (C=O) groups is 1. The van der Waals surface area contributed by atoms with E-state index in [0.29, 0.717) is 25.5 Å². The van der Waals surface area contributed by atoms with Crippen LogP contribution in [-0.4, -0.2) is 26.2 Å². The number of benzene rings is 2. The molecular formula is C19H20N2O4. The number of ether oxygens (including phenoxy) is 3. The molecule has 0 heterocycles. The normalized spacial score (nSPS) is 9.76. The van der Waals surface area contributed by atoms with Gasteiger partial charge in [-0.25, -0.2) is 0 Å². The van der Waals surface area contributed by atoms with E-state index in [2.05, 4.69) is 5.32 Å². The van der Waals surface area contributed by atoms with Crippen LogP contribution in [0.1, 0.15) is 12.0 Å². The molecule has 1 N–H and O–H groups in total. The van der Waals surface area contributed by atoms with E-state index in [0.717, 1.165) is 17.1 Å². The molecule has 0 saturated heterocycles. The molecule has 2 aromatic carbocycles. The van der Waals surface area contributed by atoms with Crippen LogP contribution >= 0.6 is 0 Å². The number of rotatable bonds is 9. The van der Waals surface area contributed by atoms with E-state index in [9.17, 15) is 4.79 Å². The van der Waals surface area contributed by atoms with Crippen LogP contribution in [0.15, 0.2) is 48.5 Å². The predicted octanol–water partition coefficient (Wildman–Crippen LogP) is 2.68. The average molecular weight is 340 g/mol. The fourth-order valence-corrected chi connectivity index (χ4v) is 2.09. The highest BCUT2D eigenvalue weighted by molar-refractivity contribution is 5.77. The summed E-state index contributed by atoms with van der Waals surface area (Å²) in [5, 5.41) is 11.1. The fraction of sp³-hybridized carbons (Fsp3) is 0.263. The van der Waals surface area contributed by atoms with Gasteiger partial charge in [-0.1, -0.05) is 18.2 Å². The molecule has 0 bridgehead atoms. The van der Waals surface area contributed by atoms with E-state index in [4.69, 9.17) is 19.5 Å². The van der Waals surface area contributed by atoms with Gasteiger partial charge in [-0.2, -0.15) is 5.26 Å². The second kappa shape index (κ2) is 9.83. The molecule has 0 aliphatic rings. The zero-order valence-electron chi connectivity index (χ0n) is 14.0. The standard InChI is InChI=1S/C19H20N2O4/c1-23-16-5-3-7-18(13-16)25-11-10-24-17-6-2-4-15(12-17)14-21-19(22)8-9-20/h2-7,12-13H,8,10-11,14H2,1H3,(H,21,22). The molecule has 1 amide bonds. The van der Waals surface area contributed by atoms with Crippen LogP contribution in [-0.2, 0) is 11.3 Å². The smallest absolute Gasteiger partial charge is 0.234 e. The van der Waals surface area contributed by atoms with E-state index in [1.165, 1.54) is 0 Å². The lowest BCUT2D eigenvalue weighted by atomic mass is 10.2. The molecule has 0 radical (unpaired) electrons. The number of methoxy groups -OCH3 is 1. The van der Waals surface area contributed by atoms with Crippen molar-refractivity contribution in [2.45, 2.75) is 13.0 Å². The molecule has 2 rings (SSSR count). The minimum atomic E-state index is -0.291. The molecule has 0 saturated carbocycles. The highest BCUT2D eigenvalue weighted by Crippen LogP contribution is 2.19. The maximum atomic E-state index is 11.3. The molecular weight excluding hydrogens is 320 g/mol. The second-order valence-electron chi connectivity index (χ2n) is 5.13. The molecule has 0 aromatic heterocycles. The Balaban J connectivity index is 1.76. The Hall–Kier alpha value is -3.20. The summed E-state index contributed by atoms with van der Waals surface area (Å²) < 4.78 is 16.4. The third-order valence-electron chi connectivity index (χ3n) is 3.29.